The minimum absolute atomic E-state index is 0.0147. The highest BCUT2D eigenvalue weighted by Gasteiger charge is 2.35. The number of hydrogen-bond donors (Lipinski definition) is 0. The maximum absolute atomic E-state index is 14.4. The first-order valence-corrected chi connectivity index (χ1v) is 7.48. The minimum atomic E-state index is -0.764. The third-order valence-electron chi connectivity index (χ3n) is 4.01. The van der Waals surface area contributed by atoms with E-state index in [1.165, 1.54) is 11.0 Å². The number of fused-ring (bicyclic) bond motifs is 1. The third kappa shape index (κ3) is 2.60. The number of anilines is 2. The summed E-state index contributed by atoms with van der Waals surface area (Å²) < 4.78 is 19.7. The lowest BCUT2D eigenvalue weighted by molar-refractivity contribution is -0.130. The first kappa shape index (κ1) is 16.0. The largest absolute Gasteiger partial charge is 0.481 e. The summed E-state index contributed by atoms with van der Waals surface area (Å²) >= 11 is 0. The molecule has 6 nitrogen and oxygen atoms in total. The molecule has 0 unspecified atom stereocenters. The maximum atomic E-state index is 14.4. The number of hydrogen-bond acceptors (Lipinski definition) is 4. The van der Waals surface area contributed by atoms with Crippen molar-refractivity contribution in [3.63, 3.8) is 0 Å². The number of piperidine rings is 1. The lowest BCUT2D eigenvalue weighted by Crippen LogP contribution is -2.44. The molecule has 24 heavy (non-hydrogen) atoms. The number of benzene rings is 1. The predicted octanol–water partition coefficient (Wildman–Crippen LogP) is 1.47. The van der Waals surface area contributed by atoms with E-state index in [9.17, 15) is 18.8 Å². The fraction of sp³-hybridized carbons (Fsp3) is 0.353. The molecule has 3 rings (SSSR count). The van der Waals surface area contributed by atoms with Crippen LogP contribution in [0.5, 0.6) is 5.75 Å². The summed E-state index contributed by atoms with van der Waals surface area (Å²) in [6.07, 6.45) is 5.59. The number of amides is 3. The Labute approximate surface area is 138 Å². The molecule has 7 heteroatoms. The number of nitrogens with zero attached hydrogens (tertiary/aromatic N) is 2. The first-order chi connectivity index (χ1) is 11.4. The topological polar surface area (TPSA) is 66.9 Å². The van der Waals surface area contributed by atoms with E-state index >= 15 is 0 Å². The number of imide groups is 1. The van der Waals surface area contributed by atoms with Crippen molar-refractivity contribution in [3.8, 4) is 18.1 Å². The van der Waals surface area contributed by atoms with Crippen LogP contribution in [0.4, 0.5) is 15.8 Å². The molecular weight excluding hydrogens is 315 g/mol. The maximum Gasteiger partial charge on any atom is 0.265 e. The van der Waals surface area contributed by atoms with Crippen molar-refractivity contribution in [2.24, 2.45) is 5.92 Å². The summed E-state index contributed by atoms with van der Waals surface area (Å²) in [7, 11) is 0. The zero-order chi connectivity index (χ0) is 17.4. The Morgan fingerprint density at radius 1 is 1.21 bits per heavy atom. The number of halogens is 1. The van der Waals surface area contributed by atoms with Crippen LogP contribution >= 0.6 is 0 Å². The zero-order valence-electron chi connectivity index (χ0n) is 13.0. The Hall–Kier alpha value is -2.88. The van der Waals surface area contributed by atoms with Crippen LogP contribution in [0, 0.1) is 24.1 Å². The molecule has 1 aromatic carbocycles. The quantitative estimate of drug-likeness (QED) is 0.608. The molecule has 0 spiro atoms. The van der Waals surface area contributed by atoms with Gasteiger partial charge in [0.05, 0.1) is 17.9 Å². The van der Waals surface area contributed by atoms with Crippen LogP contribution in [-0.4, -0.2) is 30.9 Å². The Bertz CT molecular complexity index is 766. The van der Waals surface area contributed by atoms with Gasteiger partial charge >= 0.3 is 0 Å². The highest BCUT2D eigenvalue weighted by molar-refractivity contribution is 6.17. The van der Waals surface area contributed by atoms with Crippen LogP contribution < -0.4 is 14.5 Å². The second kappa shape index (κ2) is 5.96. The van der Waals surface area contributed by atoms with Crippen LogP contribution in [0.25, 0.3) is 0 Å². The highest BCUT2D eigenvalue weighted by atomic mass is 19.1. The monoisotopic (exact) mass is 330 g/mol. The molecule has 2 aliphatic heterocycles. The fourth-order valence-electron chi connectivity index (χ4n) is 2.91. The van der Waals surface area contributed by atoms with Gasteiger partial charge in [-0.3, -0.25) is 19.3 Å². The van der Waals surface area contributed by atoms with E-state index in [0.717, 1.165) is 11.0 Å². The zero-order valence-corrected chi connectivity index (χ0v) is 13.0. The Kier molecular flexibility index (Phi) is 3.97. The highest BCUT2D eigenvalue weighted by Crippen LogP contribution is 2.39. The van der Waals surface area contributed by atoms with E-state index in [1.807, 2.05) is 0 Å². The number of rotatable bonds is 2. The summed E-state index contributed by atoms with van der Waals surface area (Å²) in [6, 6.07) is 2.34. The molecule has 0 aliphatic carbocycles. The van der Waals surface area contributed by atoms with Crippen LogP contribution in [0.3, 0.4) is 0 Å². The summed E-state index contributed by atoms with van der Waals surface area (Å²) in [5, 5.41) is 0. The molecule has 0 N–H and O–H groups in total. The number of ether oxygens (including phenoxy) is 1. The summed E-state index contributed by atoms with van der Waals surface area (Å²) in [5.74, 6) is 0.352. The van der Waals surface area contributed by atoms with Crippen molar-refractivity contribution in [2.45, 2.75) is 19.8 Å². The van der Waals surface area contributed by atoms with Gasteiger partial charge in [0.2, 0.25) is 11.8 Å². The van der Waals surface area contributed by atoms with E-state index in [4.69, 9.17) is 11.2 Å². The van der Waals surface area contributed by atoms with Crippen molar-refractivity contribution in [1.29, 1.82) is 0 Å². The Balaban J connectivity index is 2.07. The number of terminal acetylenes is 1. The molecule has 0 bridgehead atoms. The average molecular weight is 330 g/mol. The SMILES string of the molecule is C#CCN1C(=O)COc2cc(F)c(N3C(=O)CC(C)CC3=O)cc21. The van der Waals surface area contributed by atoms with Gasteiger partial charge in [-0.05, 0) is 12.0 Å². The van der Waals surface area contributed by atoms with Crippen LogP contribution in [-0.2, 0) is 14.4 Å². The Morgan fingerprint density at radius 2 is 1.88 bits per heavy atom. The standard InChI is InChI=1S/C17H15FN2O4/c1-3-4-19-13-8-12(11(18)7-14(13)24-9-17(19)23)20-15(21)5-10(2)6-16(20)22/h1,7-8,10H,4-6,9H2,2H3. The van der Waals surface area contributed by atoms with Crippen molar-refractivity contribution < 1.29 is 23.5 Å². The molecule has 2 aliphatic rings. The smallest absolute Gasteiger partial charge is 0.265 e. The van der Waals surface area contributed by atoms with Gasteiger partial charge in [0.15, 0.2) is 12.4 Å². The van der Waals surface area contributed by atoms with Gasteiger partial charge in [-0.15, -0.1) is 6.42 Å². The summed E-state index contributed by atoms with van der Waals surface area (Å²) in [5.41, 5.74) is 0.0655. The van der Waals surface area contributed by atoms with Gasteiger partial charge in [-0.25, -0.2) is 9.29 Å². The summed E-state index contributed by atoms with van der Waals surface area (Å²) in [4.78, 5) is 38.5. The van der Waals surface area contributed by atoms with Gasteiger partial charge in [0, 0.05) is 18.9 Å². The van der Waals surface area contributed by atoms with E-state index < -0.39 is 17.6 Å². The number of carbonyl (C=O) groups excluding carboxylic acids is 3. The van der Waals surface area contributed by atoms with E-state index in [2.05, 4.69) is 5.92 Å². The Morgan fingerprint density at radius 3 is 2.50 bits per heavy atom. The second-order valence-corrected chi connectivity index (χ2v) is 5.88. The van der Waals surface area contributed by atoms with E-state index in [1.54, 1.807) is 6.92 Å². The number of carbonyl (C=O) groups is 3. The average Bonchev–Trinajstić information content (AvgIpc) is 2.50. The van der Waals surface area contributed by atoms with Crippen molar-refractivity contribution in [3.05, 3.63) is 17.9 Å². The fourth-order valence-corrected chi connectivity index (χ4v) is 2.91. The molecule has 124 valence electrons. The van der Waals surface area contributed by atoms with E-state index in [-0.39, 0.29) is 54.9 Å². The van der Waals surface area contributed by atoms with E-state index in [0.29, 0.717) is 0 Å². The summed E-state index contributed by atoms with van der Waals surface area (Å²) in [6.45, 7) is 1.53. The molecule has 1 aromatic rings. The van der Waals surface area contributed by atoms with Crippen LogP contribution in [0.2, 0.25) is 0 Å². The predicted molar refractivity (Wildman–Crippen MR) is 84.0 cm³/mol. The van der Waals surface area contributed by atoms with Crippen molar-refractivity contribution in [2.75, 3.05) is 23.0 Å². The minimum Gasteiger partial charge on any atom is -0.481 e. The van der Waals surface area contributed by atoms with Gasteiger partial charge in [-0.1, -0.05) is 12.8 Å². The molecule has 0 radical (unpaired) electrons. The van der Waals surface area contributed by atoms with Gasteiger partial charge < -0.3 is 4.74 Å². The lowest BCUT2D eigenvalue weighted by Gasteiger charge is -2.32. The molecule has 2 heterocycles. The molecule has 1 fully saturated rings. The molecule has 3 amide bonds. The second-order valence-electron chi connectivity index (χ2n) is 5.88. The van der Waals surface area contributed by atoms with Gasteiger partial charge in [0.1, 0.15) is 5.75 Å². The molecular formula is C17H15FN2O4. The van der Waals surface area contributed by atoms with Crippen molar-refractivity contribution in [1.82, 2.24) is 0 Å². The third-order valence-corrected chi connectivity index (χ3v) is 4.01. The van der Waals surface area contributed by atoms with Gasteiger partial charge in [-0.2, -0.15) is 0 Å². The molecule has 1 saturated heterocycles. The van der Waals surface area contributed by atoms with Gasteiger partial charge in [0.25, 0.3) is 5.91 Å². The molecule has 0 atom stereocenters. The normalized spacial score (nSPS) is 18.3. The molecule has 0 saturated carbocycles. The van der Waals surface area contributed by atoms with Crippen molar-refractivity contribution >= 4 is 29.1 Å². The lowest BCUT2D eigenvalue weighted by atomic mass is 9.97. The van der Waals surface area contributed by atoms with Crippen LogP contribution in [0.1, 0.15) is 19.8 Å². The first-order valence-electron chi connectivity index (χ1n) is 7.48. The van der Waals surface area contributed by atoms with Crippen LogP contribution in [0.15, 0.2) is 12.1 Å². The molecule has 0 aromatic heterocycles.